The molecule has 1 aromatic carbocycles. The highest BCUT2D eigenvalue weighted by Crippen LogP contribution is 2.21. The van der Waals surface area contributed by atoms with E-state index < -0.39 is 0 Å². The van der Waals surface area contributed by atoms with Crippen molar-refractivity contribution in [1.29, 1.82) is 0 Å². The molecule has 0 N–H and O–H groups in total. The summed E-state index contributed by atoms with van der Waals surface area (Å²) in [6, 6.07) is 10.0. The number of aromatic nitrogens is 1. The second-order valence-electron chi connectivity index (χ2n) is 4.04. The van der Waals surface area contributed by atoms with Gasteiger partial charge in [-0.15, -0.1) is 11.3 Å². The fraction of sp³-hybridized carbons (Fsp3) is 0.200. The van der Waals surface area contributed by atoms with Crippen LogP contribution in [0.5, 0.6) is 0 Å². The van der Waals surface area contributed by atoms with Crippen molar-refractivity contribution in [2.45, 2.75) is 13.3 Å². The van der Waals surface area contributed by atoms with Gasteiger partial charge in [0.05, 0.1) is 24.2 Å². The summed E-state index contributed by atoms with van der Waals surface area (Å²) < 4.78 is 4.70. The molecule has 2 aromatic rings. The van der Waals surface area contributed by atoms with E-state index in [-0.39, 0.29) is 12.4 Å². The minimum absolute atomic E-state index is 0.238. The molecule has 19 heavy (non-hydrogen) atoms. The number of thiazole rings is 1. The lowest BCUT2D eigenvalue weighted by Gasteiger charge is -1.97. The smallest absolute Gasteiger partial charge is 0.310 e. The molecule has 3 nitrogen and oxygen atoms in total. The van der Waals surface area contributed by atoms with Gasteiger partial charge in [0.2, 0.25) is 0 Å². The second kappa shape index (κ2) is 6.29. The van der Waals surface area contributed by atoms with Gasteiger partial charge in [-0.2, -0.15) is 0 Å². The minimum atomic E-state index is -0.238. The van der Waals surface area contributed by atoms with E-state index in [4.69, 9.17) is 4.74 Å². The Morgan fingerprint density at radius 3 is 2.74 bits per heavy atom. The average Bonchev–Trinajstić information content (AvgIpc) is 2.77. The molecule has 0 aliphatic heterocycles. The highest BCUT2D eigenvalue weighted by Gasteiger charge is 2.11. The maximum Gasteiger partial charge on any atom is 0.310 e. The SMILES string of the molecule is COC(=O)Cc1sc(C)nc1C=Cc1ccccc1. The van der Waals surface area contributed by atoms with Crippen LogP contribution in [0, 0.1) is 6.92 Å². The highest BCUT2D eigenvalue weighted by atomic mass is 32.1. The van der Waals surface area contributed by atoms with Crippen molar-refractivity contribution in [3.8, 4) is 0 Å². The number of nitrogens with zero attached hydrogens (tertiary/aromatic N) is 1. The van der Waals surface area contributed by atoms with Crippen molar-refractivity contribution in [1.82, 2.24) is 4.98 Å². The molecule has 98 valence electrons. The van der Waals surface area contributed by atoms with E-state index in [9.17, 15) is 4.79 Å². The first-order chi connectivity index (χ1) is 9.19. The maximum absolute atomic E-state index is 11.3. The topological polar surface area (TPSA) is 39.2 Å². The molecule has 0 amide bonds. The summed E-state index contributed by atoms with van der Waals surface area (Å²) in [7, 11) is 1.40. The van der Waals surface area contributed by atoms with E-state index >= 15 is 0 Å². The molecular formula is C15H15NO2S. The molecular weight excluding hydrogens is 258 g/mol. The Kier molecular flexibility index (Phi) is 4.47. The summed E-state index contributed by atoms with van der Waals surface area (Å²) in [6.07, 6.45) is 4.21. The largest absolute Gasteiger partial charge is 0.469 e. The Hall–Kier alpha value is -1.94. The minimum Gasteiger partial charge on any atom is -0.469 e. The lowest BCUT2D eigenvalue weighted by Crippen LogP contribution is -2.03. The predicted molar refractivity (Wildman–Crippen MR) is 77.9 cm³/mol. The van der Waals surface area contributed by atoms with Crippen LogP contribution in [0.3, 0.4) is 0 Å². The van der Waals surface area contributed by atoms with Gasteiger partial charge in [-0.25, -0.2) is 4.98 Å². The third kappa shape index (κ3) is 3.76. The van der Waals surface area contributed by atoms with Crippen LogP contribution in [0.2, 0.25) is 0 Å². The number of methoxy groups -OCH3 is 1. The molecule has 1 aromatic heterocycles. The van der Waals surface area contributed by atoms with Gasteiger partial charge < -0.3 is 4.74 Å². The Labute approximate surface area is 116 Å². The van der Waals surface area contributed by atoms with Crippen molar-refractivity contribution in [2.24, 2.45) is 0 Å². The fourth-order valence-corrected chi connectivity index (χ4v) is 2.59. The molecule has 2 rings (SSSR count). The number of aryl methyl sites for hydroxylation is 1. The second-order valence-corrected chi connectivity index (χ2v) is 5.33. The van der Waals surface area contributed by atoms with E-state index in [0.29, 0.717) is 0 Å². The summed E-state index contributed by atoms with van der Waals surface area (Å²) in [4.78, 5) is 16.7. The van der Waals surface area contributed by atoms with Crippen LogP contribution in [0.15, 0.2) is 30.3 Å². The van der Waals surface area contributed by atoms with E-state index in [1.807, 2.05) is 49.4 Å². The lowest BCUT2D eigenvalue weighted by molar-refractivity contribution is -0.139. The first kappa shape index (κ1) is 13.5. The number of hydrogen-bond acceptors (Lipinski definition) is 4. The third-order valence-electron chi connectivity index (χ3n) is 2.60. The molecule has 4 heteroatoms. The van der Waals surface area contributed by atoms with Gasteiger partial charge in [-0.05, 0) is 18.6 Å². The zero-order chi connectivity index (χ0) is 13.7. The standard InChI is InChI=1S/C15H15NO2S/c1-11-16-13(14(19-11)10-15(17)18-2)9-8-12-6-4-3-5-7-12/h3-9H,10H2,1-2H3. The normalized spacial score (nSPS) is 10.8. The summed E-state index contributed by atoms with van der Waals surface area (Å²) in [5.41, 5.74) is 1.95. The number of esters is 1. The number of carbonyl (C=O) groups excluding carboxylic acids is 1. The van der Waals surface area contributed by atoms with Crippen LogP contribution in [0.4, 0.5) is 0 Å². The Bertz CT molecular complexity index is 587. The van der Waals surface area contributed by atoms with Crippen molar-refractivity contribution in [3.05, 3.63) is 51.5 Å². The molecule has 0 fully saturated rings. The first-order valence-electron chi connectivity index (χ1n) is 5.95. The third-order valence-corrected chi connectivity index (χ3v) is 3.59. The Balaban J connectivity index is 2.20. The molecule has 0 saturated heterocycles. The summed E-state index contributed by atoms with van der Waals surface area (Å²) >= 11 is 1.53. The monoisotopic (exact) mass is 273 g/mol. The van der Waals surface area contributed by atoms with Crippen molar-refractivity contribution >= 4 is 29.5 Å². The summed E-state index contributed by atoms with van der Waals surface area (Å²) in [6.45, 7) is 1.94. The van der Waals surface area contributed by atoms with Crippen LogP contribution < -0.4 is 0 Å². The molecule has 0 aliphatic rings. The highest BCUT2D eigenvalue weighted by molar-refractivity contribution is 7.11. The molecule has 0 spiro atoms. The lowest BCUT2D eigenvalue weighted by atomic mass is 10.2. The predicted octanol–water partition coefficient (Wildman–Crippen LogP) is 3.34. The van der Waals surface area contributed by atoms with Crippen LogP contribution in [0.1, 0.15) is 21.1 Å². The maximum atomic E-state index is 11.3. The van der Waals surface area contributed by atoms with Gasteiger partial charge in [-0.3, -0.25) is 4.79 Å². The van der Waals surface area contributed by atoms with Crippen LogP contribution in [-0.2, 0) is 16.0 Å². The van der Waals surface area contributed by atoms with Crippen molar-refractivity contribution < 1.29 is 9.53 Å². The first-order valence-corrected chi connectivity index (χ1v) is 6.77. The summed E-state index contributed by atoms with van der Waals surface area (Å²) in [5.74, 6) is -0.238. The number of benzene rings is 1. The van der Waals surface area contributed by atoms with E-state index in [2.05, 4.69) is 4.98 Å². The molecule has 0 saturated carbocycles. The number of hydrogen-bond donors (Lipinski definition) is 0. The average molecular weight is 273 g/mol. The molecule has 0 atom stereocenters. The molecule has 1 heterocycles. The van der Waals surface area contributed by atoms with Gasteiger partial charge in [0, 0.05) is 4.88 Å². The zero-order valence-corrected chi connectivity index (χ0v) is 11.7. The van der Waals surface area contributed by atoms with Crippen LogP contribution in [-0.4, -0.2) is 18.1 Å². The van der Waals surface area contributed by atoms with Crippen LogP contribution in [0.25, 0.3) is 12.2 Å². The fourth-order valence-electron chi connectivity index (χ4n) is 1.68. The van der Waals surface area contributed by atoms with Gasteiger partial charge in [0.1, 0.15) is 0 Å². The van der Waals surface area contributed by atoms with E-state index in [1.54, 1.807) is 0 Å². The van der Waals surface area contributed by atoms with Crippen molar-refractivity contribution in [3.63, 3.8) is 0 Å². The molecule has 0 unspecified atom stereocenters. The quantitative estimate of drug-likeness (QED) is 0.802. The molecule has 0 aliphatic carbocycles. The molecule has 0 radical (unpaired) electrons. The number of ether oxygens (including phenoxy) is 1. The van der Waals surface area contributed by atoms with Crippen molar-refractivity contribution in [2.75, 3.05) is 7.11 Å². The van der Waals surface area contributed by atoms with Gasteiger partial charge in [0.15, 0.2) is 0 Å². The Morgan fingerprint density at radius 1 is 1.32 bits per heavy atom. The number of carbonyl (C=O) groups is 1. The van der Waals surface area contributed by atoms with Gasteiger partial charge >= 0.3 is 5.97 Å². The van der Waals surface area contributed by atoms with Gasteiger partial charge in [-0.1, -0.05) is 36.4 Å². The number of rotatable bonds is 4. The van der Waals surface area contributed by atoms with E-state index in [0.717, 1.165) is 21.1 Å². The van der Waals surface area contributed by atoms with Crippen LogP contribution >= 0.6 is 11.3 Å². The zero-order valence-electron chi connectivity index (χ0n) is 10.9. The Morgan fingerprint density at radius 2 is 2.05 bits per heavy atom. The molecule has 0 bridgehead atoms. The van der Waals surface area contributed by atoms with E-state index in [1.165, 1.54) is 18.4 Å². The van der Waals surface area contributed by atoms with Gasteiger partial charge in [0.25, 0.3) is 0 Å². The summed E-state index contributed by atoms with van der Waals surface area (Å²) in [5, 5.41) is 0.951.